The fraction of sp³-hybridized carbons (Fsp3) is 0.200. The lowest BCUT2D eigenvalue weighted by Gasteiger charge is -2.25. The van der Waals surface area contributed by atoms with E-state index in [1.807, 2.05) is 87.2 Å². The maximum atomic E-state index is 4.65. The number of hydrogen-bond acceptors (Lipinski definition) is 6. The molecule has 0 N–H and O–H groups in total. The van der Waals surface area contributed by atoms with Crippen LogP contribution in [0.4, 0.5) is 0 Å². The lowest BCUT2D eigenvalue weighted by molar-refractivity contribution is 0.536. The molecular weight excluding hydrogens is 486 g/mol. The Morgan fingerprint density at radius 1 is 0.487 bits per heavy atom. The SMILES string of the molecule is CCC(c1cn(Cc2ccccc2)nn1)(c1cn(Cc2ccccc2)nn1)c1cn(Cc2ccccc2)nn1. The molecule has 3 heterocycles. The van der Waals surface area contributed by atoms with E-state index in [1.165, 1.54) is 0 Å². The third-order valence-electron chi connectivity index (χ3n) is 7.02. The molecule has 0 aliphatic rings. The standard InChI is InChI=1S/C30H29N9/c1-2-30(27-21-37(34-31-27)18-24-12-6-3-7-13-24,28-22-38(35-32-28)19-25-14-8-4-9-15-25)29-23-39(36-33-29)20-26-16-10-5-11-17-26/h3-17,21-23H,2,18-20H2,1H3. The van der Waals surface area contributed by atoms with Gasteiger partial charge < -0.3 is 0 Å². The highest BCUT2D eigenvalue weighted by atomic mass is 15.5. The normalized spacial score (nSPS) is 11.6. The minimum Gasteiger partial charge on any atom is -0.248 e. The first-order valence-corrected chi connectivity index (χ1v) is 13.1. The Kier molecular flexibility index (Phi) is 6.78. The van der Waals surface area contributed by atoms with Gasteiger partial charge in [0.2, 0.25) is 0 Å². The van der Waals surface area contributed by atoms with Crippen molar-refractivity contribution in [3.63, 3.8) is 0 Å². The largest absolute Gasteiger partial charge is 0.248 e. The van der Waals surface area contributed by atoms with Crippen LogP contribution in [0.5, 0.6) is 0 Å². The molecule has 0 spiro atoms. The zero-order valence-corrected chi connectivity index (χ0v) is 21.7. The van der Waals surface area contributed by atoms with E-state index >= 15 is 0 Å². The minimum atomic E-state index is -0.765. The van der Waals surface area contributed by atoms with Crippen LogP contribution in [0.2, 0.25) is 0 Å². The van der Waals surface area contributed by atoms with Gasteiger partial charge in [-0.1, -0.05) is 114 Å². The van der Waals surface area contributed by atoms with Gasteiger partial charge in [0.15, 0.2) is 0 Å². The Labute approximate surface area is 226 Å². The van der Waals surface area contributed by atoms with Gasteiger partial charge in [-0.15, -0.1) is 15.3 Å². The van der Waals surface area contributed by atoms with Gasteiger partial charge in [0, 0.05) is 0 Å². The van der Waals surface area contributed by atoms with Crippen molar-refractivity contribution in [3.05, 3.63) is 143 Å². The quantitative estimate of drug-likeness (QED) is 0.269. The number of hydrogen-bond donors (Lipinski definition) is 0. The highest BCUT2D eigenvalue weighted by Gasteiger charge is 2.43. The van der Waals surface area contributed by atoms with Crippen molar-refractivity contribution in [2.45, 2.75) is 38.4 Å². The fourth-order valence-corrected chi connectivity index (χ4v) is 4.96. The second-order valence-corrected chi connectivity index (χ2v) is 9.62. The molecule has 3 aromatic carbocycles. The summed E-state index contributed by atoms with van der Waals surface area (Å²) in [6.07, 6.45) is 6.62. The van der Waals surface area contributed by atoms with E-state index < -0.39 is 5.41 Å². The molecule has 0 radical (unpaired) electrons. The van der Waals surface area contributed by atoms with Crippen molar-refractivity contribution in [1.82, 2.24) is 45.0 Å². The molecule has 0 amide bonds. The first kappa shape index (κ1) is 24.4. The molecule has 6 aromatic rings. The minimum absolute atomic E-state index is 0.620. The molecule has 3 aromatic heterocycles. The average molecular weight is 516 g/mol. The molecule has 39 heavy (non-hydrogen) atoms. The molecule has 0 unspecified atom stereocenters. The molecular formula is C30H29N9. The third-order valence-corrected chi connectivity index (χ3v) is 7.02. The van der Waals surface area contributed by atoms with Gasteiger partial charge in [-0.25, -0.2) is 14.0 Å². The summed E-state index contributed by atoms with van der Waals surface area (Å²) < 4.78 is 5.58. The van der Waals surface area contributed by atoms with Crippen molar-refractivity contribution in [2.24, 2.45) is 0 Å². The number of benzene rings is 3. The van der Waals surface area contributed by atoms with Crippen LogP contribution in [0.3, 0.4) is 0 Å². The van der Waals surface area contributed by atoms with Crippen LogP contribution >= 0.6 is 0 Å². The van der Waals surface area contributed by atoms with Crippen molar-refractivity contribution < 1.29 is 0 Å². The zero-order valence-electron chi connectivity index (χ0n) is 21.7. The van der Waals surface area contributed by atoms with Gasteiger partial charge in [0.1, 0.15) is 22.5 Å². The smallest absolute Gasteiger partial charge is 0.107 e. The van der Waals surface area contributed by atoms with E-state index in [1.54, 1.807) is 0 Å². The second kappa shape index (κ2) is 10.8. The molecule has 0 saturated heterocycles. The summed E-state index contributed by atoms with van der Waals surface area (Å²) in [5, 5.41) is 27.4. The van der Waals surface area contributed by atoms with Crippen LogP contribution in [0, 0.1) is 0 Å². The summed E-state index contributed by atoms with van der Waals surface area (Å²) in [6.45, 7) is 3.97. The Hall–Kier alpha value is -4.92. The van der Waals surface area contributed by atoms with Gasteiger partial charge >= 0.3 is 0 Å². The van der Waals surface area contributed by atoms with Crippen LogP contribution in [0.25, 0.3) is 0 Å². The van der Waals surface area contributed by atoms with Crippen LogP contribution in [-0.4, -0.2) is 45.0 Å². The lowest BCUT2D eigenvalue weighted by atomic mass is 9.76. The zero-order chi connectivity index (χ0) is 26.5. The molecule has 194 valence electrons. The second-order valence-electron chi connectivity index (χ2n) is 9.62. The van der Waals surface area contributed by atoms with Crippen molar-refractivity contribution >= 4 is 0 Å². The predicted molar refractivity (Wildman–Crippen MR) is 147 cm³/mol. The number of aromatic nitrogens is 9. The van der Waals surface area contributed by atoms with E-state index in [9.17, 15) is 0 Å². The third kappa shape index (κ3) is 5.11. The van der Waals surface area contributed by atoms with Crippen molar-refractivity contribution in [3.8, 4) is 0 Å². The maximum Gasteiger partial charge on any atom is 0.107 e. The summed E-state index contributed by atoms with van der Waals surface area (Å²) >= 11 is 0. The first-order valence-electron chi connectivity index (χ1n) is 13.1. The Morgan fingerprint density at radius 3 is 1.08 bits per heavy atom. The molecule has 0 fully saturated rings. The Morgan fingerprint density at radius 2 is 0.795 bits per heavy atom. The van der Waals surface area contributed by atoms with E-state index in [0.717, 1.165) is 33.8 Å². The van der Waals surface area contributed by atoms with Gasteiger partial charge in [0.25, 0.3) is 0 Å². The van der Waals surface area contributed by atoms with Crippen LogP contribution in [0.1, 0.15) is 47.1 Å². The molecule has 9 nitrogen and oxygen atoms in total. The van der Waals surface area contributed by atoms with Crippen LogP contribution in [-0.2, 0) is 25.0 Å². The van der Waals surface area contributed by atoms with Crippen LogP contribution in [0.15, 0.2) is 110 Å². The Bertz CT molecular complexity index is 1430. The summed E-state index contributed by atoms with van der Waals surface area (Å²) in [7, 11) is 0. The number of rotatable bonds is 10. The van der Waals surface area contributed by atoms with E-state index in [-0.39, 0.29) is 0 Å². The van der Waals surface area contributed by atoms with Crippen molar-refractivity contribution in [2.75, 3.05) is 0 Å². The molecule has 9 heteroatoms. The topological polar surface area (TPSA) is 92.1 Å². The maximum absolute atomic E-state index is 4.65. The molecule has 0 aliphatic heterocycles. The van der Waals surface area contributed by atoms with E-state index in [0.29, 0.717) is 26.1 Å². The summed E-state index contributed by atoms with van der Waals surface area (Å²) in [5.74, 6) is 0. The average Bonchev–Trinajstić information content (AvgIpc) is 3.75. The van der Waals surface area contributed by atoms with E-state index in [2.05, 4.69) is 74.3 Å². The molecule has 0 aliphatic carbocycles. The monoisotopic (exact) mass is 515 g/mol. The first-order chi connectivity index (χ1) is 19.2. The molecule has 0 saturated carbocycles. The van der Waals surface area contributed by atoms with Gasteiger partial charge in [-0.05, 0) is 23.1 Å². The van der Waals surface area contributed by atoms with Gasteiger partial charge in [-0.3, -0.25) is 0 Å². The van der Waals surface area contributed by atoms with Gasteiger partial charge in [-0.2, -0.15) is 0 Å². The Balaban J connectivity index is 1.39. The highest BCUT2D eigenvalue weighted by molar-refractivity contribution is 5.39. The van der Waals surface area contributed by atoms with Gasteiger partial charge in [0.05, 0.1) is 38.2 Å². The molecule has 0 atom stereocenters. The van der Waals surface area contributed by atoms with E-state index in [4.69, 9.17) is 0 Å². The summed E-state index contributed by atoms with van der Waals surface area (Å²) in [4.78, 5) is 0. The van der Waals surface area contributed by atoms with Crippen molar-refractivity contribution in [1.29, 1.82) is 0 Å². The number of nitrogens with zero attached hydrogens (tertiary/aromatic N) is 9. The fourth-order valence-electron chi connectivity index (χ4n) is 4.96. The summed E-state index contributed by atoms with van der Waals surface area (Å²) in [5.41, 5.74) is 4.98. The molecule has 6 rings (SSSR count). The molecule has 0 bridgehead atoms. The summed E-state index contributed by atoms with van der Waals surface area (Å²) in [6, 6.07) is 30.7. The van der Waals surface area contributed by atoms with Crippen LogP contribution < -0.4 is 0 Å². The highest BCUT2D eigenvalue weighted by Crippen LogP contribution is 2.39. The lowest BCUT2D eigenvalue weighted by Crippen LogP contribution is -2.30. The predicted octanol–water partition coefficient (Wildman–Crippen LogP) is 4.35.